The van der Waals surface area contributed by atoms with E-state index in [0.29, 0.717) is 38.0 Å². The predicted molar refractivity (Wildman–Crippen MR) is 80.8 cm³/mol. The van der Waals surface area contributed by atoms with E-state index < -0.39 is 0 Å². The van der Waals surface area contributed by atoms with E-state index in [4.69, 9.17) is 14.6 Å². The Morgan fingerprint density at radius 3 is 2.10 bits per heavy atom. The van der Waals surface area contributed by atoms with Crippen LogP contribution >= 0.6 is 0 Å². The van der Waals surface area contributed by atoms with Crippen molar-refractivity contribution in [1.29, 1.82) is 0 Å². The van der Waals surface area contributed by atoms with E-state index >= 15 is 0 Å². The molecule has 0 spiro atoms. The van der Waals surface area contributed by atoms with Gasteiger partial charge in [-0.1, -0.05) is 25.8 Å². The first kappa shape index (κ1) is 19.6. The minimum atomic E-state index is -0.381. The Morgan fingerprint density at radius 1 is 0.905 bits per heavy atom. The number of rotatable bonds is 13. The molecule has 0 heterocycles. The molecule has 21 heavy (non-hydrogen) atoms. The van der Waals surface area contributed by atoms with Crippen LogP contribution in [0.15, 0.2) is 12.2 Å². The van der Waals surface area contributed by atoms with E-state index in [2.05, 4.69) is 6.58 Å². The van der Waals surface area contributed by atoms with Crippen molar-refractivity contribution >= 4 is 11.9 Å². The molecule has 0 bridgehead atoms. The first-order valence-corrected chi connectivity index (χ1v) is 7.67. The van der Waals surface area contributed by atoms with Gasteiger partial charge in [0.1, 0.15) is 0 Å². The van der Waals surface area contributed by atoms with Gasteiger partial charge in [-0.05, 0) is 32.6 Å². The molecule has 0 rings (SSSR count). The Bertz CT molecular complexity index is 312. The molecule has 0 aliphatic heterocycles. The van der Waals surface area contributed by atoms with Crippen LogP contribution in [0, 0.1) is 0 Å². The van der Waals surface area contributed by atoms with Crippen molar-refractivity contribution in [2.75, 3.05) is 19.8 Å². The number of carbonyl (C=O) groups excluding carboxylic acids is 2. The second-order valence-electron chi connectivity index (χ2n) is 5.09. The van der Waals surface area contributed by atoms with Gasteiger partial charge in [-0.3, -0.25) is 4.79 Å². The van der Waals surface area contributed by atoms with Crippen LogP contribution in [0.5, 0.6) is 0 Å². The number of carbonyl (C=O) groups is 2. The summed E-state index contributed by atoms with van der Waals surface area (Å²) >= 11 is 0. The molecule has 0 saturated carbocycles. The van der Waals surface area contributed by atoms with Gasteiger partial charge in [0.25, 0.3) is 0 Å². The third-order valence-corrected chi connectivity index (χ3v) is 2.92. The first-order chi connectivity index (χ1) is 10.1. The summed E-state index contributed by atoms with van der Waals surface area (Å²) in [5.41, 5.74) is 0.389. The lowest BCUT2D eigenvalue weighted by Crippen LogP contribution is -2.09. The number of unbranched alkanes of at least 4 members (excludes halogenated alkanes) is 5. The molecule has 0 unspecified atom stereocenters. The van der Waals surface area contributed by atoms with Gasteiger partial charge in [-0.25, -0.2) is 4.79 Å². The van der Waals surface area contributed by atoms with Crippen molar-refractivity contribution in [3.8, 4) is 0 Å². The maximum atomic E-state index is 11.4. The minimum Gasteiger partial charge on any atom is -0.466 e. The Labute approximate surface area is 127 Å². The van der Waals surface area contributed by atoms with E-state index in [1.54, 1.807) is 6.92 Å². The van der Waals surface area contributed by atoms with Crippen molar-refractivity contribution in [3.63, 3.8) is 0 Å². The monoisotopic (exact) mass is 300 g/mol. The van der Waals surface area contributed by atoms with Crippen LogP contribution < -0.4 is 0 Å². The van der Waals surface area contributed by atoms with Crippen molar-refractivity contribution < 1.29 is 24.2 Å². The van der Waals surface area contributed by atoms with Gasteiger partial charge in [-0.15, -0.1) is 0 Å². The fourth-order valence-electron chi connectivity index (χ4n) is 1.66. The molecular formula is C16H28O5. The number of hydrogen-bond donors (Lipinski definition) is 1. The summed E-state index contributed by atoms with van der Waals surface area (Å²) < 4.78 is 10.0. The van der Waals surface area contributed by atoms with Crippen LogP contribution in [0.2, 0.25) is 0 Å². The molecule has 5 heteroatoms. The lowest BCUT2D eigenvalue weighted by atomic mass is 10.1. The summed E-state index contributed by atoms with van der Waals surface area (Å²) in [7, 11) is 0. The first-order valence-electron chi connectivity index (χ1n) is 7.67. The highest BCUT2D eigenvalue weighted by molar-refractivity contribution is 5.86. The molecule has 122 valence electrons. The second kappa shape index (κ2) is 13.6. The van der Waals surface area contributed by atoms with Gasteiger partial charge in [0.2, 0.25) is 0 Å². The van der Waals surface area contributed by atoms with E-state index in [0.717, 1.165) is 32.1 Å². The Balaban J connectivity index is 3.30. The molecule has 0 aliphatic rings. The van der Waals surface area contributed by atoms with Crippen molar-refractivity contribution in [2.45, 2.75) is 58.3 Å². The summed E-state index contributed by atoms with van der Waals surface area (Å²) in [6.07, 6.45) is 6.52. The SMILES string of the molecule is C=C(C)C(=O)OCCCCOC(=O)CCCCCCCO. The topological polar surface area (TPSA) is 72.8 Å². The van der Waals surface area contributed by atoms with E-state index in [9.17, 15) is 9.59 Å². The molecule has 5 nitrogen and oxygen atoms in total. The molecule has 0 saturated heterocycles. The molecule has 0 aliphatic carbocycles. The lowest BCUT2D eigenvalue weighted by molar-refractivity contribution is -0.144. The van der Waals surface area contributed by atoms with Crippen molar-refractivity contribution in [2.24, 2.45) is 0 Å². The smallest absolute Gasteiger partial charge is 0.333 e. The van der Waals surface area contributed by atoms with Crippen LogP contribution in [0.1, 0.15) is 58.3 Å². The van der Waals surface area contributed by atoms with Crippen LogP contribution in [-0.4, -0.2) is 36.9 Å². The molecule has 0 radical (unpaired) electrons. The normalized spacial score (nSPS) is 10.2. The molecule has 0 aromatic heterocycles. The van der Waals surface area contributed by atoms with Crippen LogP contribution in [0.3, 0.4) is 0 Å². The van der Waals surface area contributed by atoms with Crippen LogP contribution in [0.4, 0.5) is 0 Å². The summed E-state index contributed by atoms with van der Waals surface area (Å²) in [5.74, 6) is -0.552. The Morgan fingerprint density at radius 2 is 1.48 bits per heavy atom. The summed E-state index contributed by atoms with van der Waals surface area (Å²) in [6.45, 7) is 6.03. The van der Waals surface area contributed by atoms with Crippen molar-refractivity contribution in [1.82, 2.24) is 0 Å². The number of esters is 2. The zero-order chi connectivity index (χ0) is 15.9. The highest BCUT2D eigenvalue weighted by atomic mass is 16.5. The van der Waals surface area contributed by atoms with Crippen LogP contribution in [-0.2, 0) is 19.1 Å². The number of ether oxygens (including phenoxy) is 2. The third-order valence-electron chi connectivity index (χ3n) is 2.92. The van der Waals surface area contributed by atoms with Gasteiger partial charge >= 0.3 is 11.9 Å². The summed E-state index contributed by atoms with van der Waals surface area (Å²) in [5, 5.41) is 8.62. The maximum absolute atomic E-state index is 11.4. The molecule has 0 atom stereocenters. The largest absolute Gasteiger partial charge is 0.466 e. The second-order valence-corrected chi connectivity index (χ2v) is 5.09. The Hall–Kier alpha value is -1.36. The van der Waals surface area contributed by atoms with E-state index in [-0.39, 0.29) is 18.5 Å². The number of aliphatic hydroxyl groups is 1. The zero-order valence-corrected chi connectivity index (χ0v) is 13.1. The zero-order valence-electron chi connectivity index (χ0n) is 13.1. The molecule has 0 aromatic rings. The summed E-state index contributed by atoms with van der Waals surface area (Å²) in [4.78, 5) is 22.5. The van der Waals surface area contributed by atoms with E-state index in [1.165, 1.54) is 0 Å². The maximum Gasteiger partial charge on any atom is 0.333 e. The predicted octanol–water partition coefficient (Wildman–Crippen LogP) is 2.76. The summed E-state index contributed by atoms with van der Waals surface area (Å²) in [6, 6.07) is 0. The van der Waals surface area contributed by atoms with Gasteiger partial charge in [0.15, 0.2) is 0 Å². The van der Waals surface area contributed by atoms with Gasteiger partial charge < -0.3 is 14.6 Å². The highest BCUT2D eigenvalue weighted by Gasteiger charge is 2.04. The Kier molecular flexibility index (Phi) is 12.7. The molecular weight excluding hydrogens is 272 g/mol. The average Bonchev–Trinajstić information content (AvgIpc) is 2.45. The molecule has 0 aromatic carbocycles. The van der Waals surface area contributed by atoms with Gasteiger partial charge in [-0.2, -0.15) is 0 Å². The van der Waals surface area contributed by atoms with Gasteiger partial charge in [0, 0.05) is 18.6 Å². The standard InChI is InChI=1S/C16H28O5/c1-14(2)16(19)21-13-9-8-12-20-15(18)10-6-4-3-5-7-11-17/h17H,1,3-13H2,2H3. The lowest BCUT2D eigenvalue weighted by Gasteiger charge is -2.06. The third kappa shape index (κ3) is 13.4. The molecule has 1 N–H and O–H groups in total. The molecule has 0 fully saturated rings. The number of aliphatic hydroxyl groups excluding tert-OH is 1. The highest BCUT2D eigenvalue weighted by Crippen LogP contribution is 2.06. The average molecular weight is 300 g/mol. The van der Waals surface area contributed by atoms with E-state index in [1.807, 2.05) is 0 Å². The van der Waals surface area contributed by atoms with Gasteiger partial charge in [0.05, 0.1) is 13.2 Å². The van der Waals surface area contributed by atoms with Crippen LogP contribution in [0.25, 0.3) is 0 Å². The quantitative estimate of drug-likeness (QED) is 0.322. The minimum absolute atomic E-state index is 0.170. The van der Waals surface area contributed by atoms with Crippen molar-refractivity contribution in [3.05, 3.63) is 12.2 Å². The fourth-order valence-corrected chi connectivity index (χ4v) is 1.66. The molecule has 0 amide bonds. The fraction of sp³-hybridized carbons (Fsp3) is 0.750. The number of hydrogen-bond acceptors (Lipinski definition) is 5.